The van der Waals surface area contributed by atoms with Crippen molar-refractivity contribution in [2.45, 2.75) is 13.5 Å². The molecular formula is C25H25N3O3. The molecular weight excluding hydrogens is 390 g/mol. The minimum atomic E-state index is -0.250. The number of H-pyrrole nitrogens is 1. The summed E-state index contributed by atoms with van der Waals surface area (Å²) < 4.78 is 5.02. The molecule has 0 saturated carbocycles. The van der Waals surface area contributed by atoms with Gasteiger partial charge in [-0.15, -0.1) is 0 Å². The number of amides is 1. The van der Waals surface area contributed by atoms with Gasteiger partial charge < -0.3 is 20.4 Å². The Bertz CT molecular complexity index is 1300. The van der Waals surface area contributed by atoms with Gasteiger partial charge in [0, 0.05) is 31.3 Å². The van der Waals surface area contributed by atoms with Crippen molar-refractivity contribution in [2.75, 3.05) is 25.6 Å². The average Bonchev–Trinajstić information content (AvgIpc) is 2.79. The Kier molecular flexibility index (Phi) is 6.00. The largest absolute Gasteiger partial charge is 0.383 e. The molecule has 1 amide bonds. The van der Waals surface area contributed by atoms with E-state index in [1.54, 1.807) is 19.2 Å². The van der Waals surface area contributed by atoms with Gasteiger partial charge in [-0.05, 0) is 36.2 Å². The van der Waals surface area contributed by atoms with Crippen LogP contribution in [0.4, 0.5) is 5.69 Å². The minimum Gasteiger partial charge on any atom is -0.383 e. The number of ether oxygens (including phenoxy) is 1. The number of benzene rings is 3. The molecule has 0 aliphatic carbocycles. The van der Waals surface area contributed by atoms with Crippen LogP contribution in [0.5, 0.6) is 0 Å². The van der Waals surface area contributed by atoms with E-state index >= 15 is 0 Å². The summed E-state index contributed by atoms with van der Waals surface area (Å²) in [4.78, 5) is 29.7. The molecule has 6 nitrogen and oxygen atoms in total. The third-order valence-electron chi connectivity index (χ3n) is 5.36. The predicted octanol–water partition coefficient (Wildman–Crippen LogP) is 3.98. The fourth-order valence-corrected chi connectivity index (χ4v) is 3.74. The van der Waals surface area contributed by atoms with Gasteiger partial charge in [-0.1, -0.05) is 42.5 Å². The van der Waals surface area contributed by atoms with Crippen molar-refractivity contribution in [1.82, 2.24) is 10.3 Å². The monoisotopic (exact) mass is 415 g/mol. The number of carbonyl (C=O) groups is 1. The topological polar surface area (TPSA) is 83.2 Å². The van der Waals surface area contributed by atoms with E-state index in [-0.39, 0.29) is 11.3 Å². The third-order valence-corrected chi connectivity index (χ3v) is 5.36. The molecule has 0 fully saturated rings. The standard InChI is InChI=1S/C25H25N3O3/c1-16-7-6-10-18-22(16)28-23-19(25(30)26-13-14-31-2)11-12-20(21(23)24(18)29)27-15-17-8-4-3-5-9-17/h3-12,27H,13-15H2,1-2H3,(H,26,30)(H,28,29). The molecule has 0 saturated heterocycles. The quantitative estimate of drug-likeness (QED) is 0.315. The fourth-order valence-electron chi connectivity index (χ4n) is 3.74. The molecule has 6 heteroatoms. The molecule has 158 valence electrons. The summed E-state index contributed by atoms with van der Waals surface area (Å²) in [6.07, 6.45) is 0. The van der Waals surface area contributed by atoms with Crippen molar-refractivity contribution in [3.05, 3.63) is 87.6 Å². The van der Waals surface area contributed by atoms with Gasteiger partial charge in [0.05, 0.1) is 28.6 Å². The lowest BCUT2D eigenvalue weighted by atomic mass is 10.0. The van der Waals surface area contributed by atoms with Crippen molar-refractivity contribution in [1.29, 1.82) is 0 Å². The SMILES string of the molecule is COCCNC(=O)c1ccc(NCc2ccccc2)c2c(=O)c3cccc(C)c3[nH]c12. The number of rotatable bonds is 7. The highest BCUT2D eigenvalue weighted by Crippen LogP contribution is 2.27. The number of aromatic nitrogens is 1. The van der Waals surface area contributed by atoms with E-state index in [0.29, 0.717) is 47.2 Å². The Morgan fingerprint density at radius 1 is 1.00 bits per heavy atom. The number of hydrogen-bond donors (Lipinski definition) is 3. The lowest BCUT2D eigenvalue weighted by Gasteiger charge is -2.15. The molecule has 0 bridgehead atoms. The molecule has 0 unspecified atom stereocenters. The molecule has 0 aliphatic heterocycles. The molecule has 0 aliphatic rings. The van der Waals surface area contributed by atoms with Crippen molar-refractivity contribution < 1.29 is 9.53 Å². The molecule has 3 N–H and O–H groups in total. The Hall–Kier alpha value is -3.64. The number of pyridine rings is 1. The van der Waals surface area contributed by atoms with Gasteiger partial charge in [-0.25, -0.2) is 0 Å². The summed E-state index contributed by atoms with van der Waals surface area (Å²) in [7, 11) is 1.58. The Morgan fingerprint density at radius 2 is 1.81 bits per heavy atom. The first-order valence-electron chi connectivity index (χ1n) is 10.2. The van der Waals surface area contributed by atoms with E-state index in [2.05, 4.69) is 15.6 Å². The number of aromatic amines is 1. The van der Waals surface area contributed by atoms with Gasteiger partial charge in [0.1, 0.15) is 0 Å². The number of methoxy groups -OCH3 is 1. The first-order chi connectivity index (χ1) is 15.1. The summed E-state index contributed by atoms with van der Waals surface area (Å²) in [6.45, 7) is 3.32. The molecule has 0 spiro atoms. The van der Waals surface area contributed by atoms with E-state index in [0.717, 1.165) is 16.6 Å². The number of anilines is 1. The van der Waals surface area contributed by atoms with Crippen molar-refractivity contribution in [3.8, 4) is 0 Å². The summed E-state index contributed by atoms with van der Waals surface area (Å²) in [6, 6.07) is 19.1. The second kappa shape index (κ2) is 9.02. The first-order valence-corrected chi connectivity index (χ1v) is 10.2. The van der Waals surface area contributed by atoms with Crippen LogP contribution in [0.2, 0.25) is 0 Å². The average molecular weight is 415 g/mol. The van der Waals surface area contributed by atoms with E-state index in [9.17, 15) is 9.59 Å². The van der Waals surface area contributed by atoms with Gasteiger partial charge in [0.25, 0.3) is 5.91 Å². The number of fused-ring (bicyclic) bond motifs is 2. The fraction of sp³-hybridized carbons (Fsp3) is 0.200. The number of para-hydroxylation sites is 1. The van der Waals surface area contributed by atoms with E-state index < -0.39 is 0 Å². The molecule has 4 rings (SSSR count). The number of carbonyl (C=O) groups excluding carboxylic acids is 1. The van der Waals surface area contributed by atoms with E-state index in [1.807, 2.05) is 55.5 Å². The highest BCUT2D eigenvalue weighted by atomic mass is 16.5. The Labute approximate surface area is 180 Å². The van der Waals surface area contributed by atoms with Crippen LogP contribution in [0.15, 0.2) is 65.5 Å². The number of aryl methyl sites for hydroxylation is 1. The summed E-state index contributed by atoms with van der Waals surface area (Å²) in [5.41, 5.74) is 4.34. The molecule has 0 radical (unpaired) electrons. The van der Waals surface area contributed by atoms with Crippen molar-refractivity contribution in [2.24, 2.45) is 0 Å². The maximum atomic E-state index is 13.5. The van der Waals surface area contributed by atoms with Gasteiger partial charge in [0.2, 0.25) is 0 Å². The normalized spacial score (nSPS) is 11.0. The van der Waals surface area contributed by atoms with Crippen LogP contribution in [0.25, 0.3) is 21.8 Å². The Balaban J connectivity index is 1.86. The van der Waals surface area contributed by atoms with Crippen LogP contribution in [0.3, 0.4) is 0 Å². The molecule has 1 heterocycles. The second-order valence-corrected chi connectivity index (χ2v) is 7.45. The molecule has 4 aromatic rings. The molecule has 3 aromatic carbocycles. The van der Waals surface area contributed by atoms with Crippen LogP contribution in [0.1, 0.15) is 21.5 Å². The minimum absolute atomic E-state index is 0.102. The molecule has 1 aromatic heterocycles. The zero-order valence-electron chi connectivity index (χ0n) is 17.6. The van der Waals surface area contributed by atoms with Gasteiger partial charge in [-0.2, -0.15) is 0 Å². The van der Waals surface area contributed by atoms with Crippen LogP contribution >= 0.6 is 0 Å². The van der Waals surface area contributed by atoms with Crippen LogP contribution < -0.4 is 16.1 Å². The summed E-state index contributed by atoms with van der Waals surface area (Å²) in [5, 5.41) is 7.30. The highest BCUT2D eigenvalue weighted by Gasteiger charge is 2.17. The van der Waals surface area contributed by atoms with E-state index in [4.69, 9.17) is 4.74 Å². The Morgan fingerprint density at radius 3 is 2.58 bits per heavy atom. The lowest BCUT2D eigenvalue weighted by Crippen LogP contribution is -2.27. The van der Waals surface area contributed by atoms with Crippen molar-refractivity contribution >= 4 is 33.4 Å². The van der Waals surface area contributed by atoms with Crippen LogP contribution in [-0.4, -0.2) is 31.2 Å². The second-order valence-electron chi connectivity index (χ2n) is 7.45. The highest BCUT2D eigenvalue weighted by molar-refractivity contribution is 6.11. The van der Waals surface area contributed by atoms with Crippen LogP contribution in [-0.2, 0) is 11.3 Å². The third kappa shape index (κ3) is 4.15. The molecule has 0 atom stereocenters. The number of hydrogen-bond acceptors (Lipinski definition) is 4. The number of nitrogens with one attached hydrogen (secondary N) is 3. The van der Waals surface area contributed by atoms with Gasteiger partial charge in [-0.3, -0.25) is 9.59 Å². The first kappa shape index (κ1) is 20.6. The van der Waals surface area contributed by atoms with Crippen LogP contribution in [0, 0.1) is 6.92 Å². The smallest absolute Gasteiger partial charge is 0.253 e. The van der Waals surface area contributed by atoms with E-state index in [1.165, 1.54) is 0 Å². The predicted molar refractivity (Wildman–Crippen MR) is 125 cm³/mol. The van der Waals surface area contributed by atoms with Crippen molar-refractivity contribution in [3.63, 3.8) is 0 Å². The van der Waals surface area contributed by atoms with Gasteiger partial charge >= 0.3 is 0 Å². The maximum Gasteiger partial charge on any atom is 0.253 e. The zero-order chi connectivity index (χ0) is 21.8. The molecule has 31 heavy (non-hydrogen) atoms. The summed E-state index contributed by atoms with van der Waals surface area (Å²) >= 11 is 0. The lowest BCUT2D eigenvalue weighted by molar-refractivity contribution is 0.0938. The van der Waals surface area contributed by atoms with Gasteiger partial charge in [0.15, 0.2) is 5.43 Å². The maximum absolute atomic E-state index is 13.5. The summed E-state index contributed by atoms with van der Waals surface area (Å²) in [5.74, 6) is -0.250. The zero-order valence-corrected chi connectivity index (χ0v) is 17.6.